The SMILES string of the molecule is CC(=O)O[C@@H]1C=C(C)[C@H]2[C@@H]([C@H]1C(C)(C)OC(C)=O)[C@H]1O[C@@H]2CC(C)=CCC[C@@]1(C)OC(C)=O. The molecule has 33 heavy (non-hydrogen) atoms. The van der Waals surface area contributed by atoms with Crippen molar-refractivity contribution in [1.82, 2.24) is 0 Å². The first-order valence-corrected chi connectivity index (χ1v) is 11.8. The lowest BCUT2D eigenvalue weighted by molar-refractivity contribution is -0.191. The molecule has 1 aliphatic carbocycles. The molecule has 3 rings (SSSR count). The third-order valence-corrected chi connectivity index (χ3v) is 7.35. The van der Waals surface area contributed by atoms with E-state index in [9.17, 15) is 14.4 Å². The summed E-state index contributed by atoms with van der Waals surface area (Å²) < 4.78 is 24.3. The number of allylic oxidation sites excluding steroid dienone is 1. The van der Waals surface area contributed by atoms with Crippen LogP contribution in [-0.4, -0.2) is 47.4 Å². The monoisotopic (exact) mass is 462 g/mol. The number of hydrogen-bond acceptors (Lipinski definition) is 7. The Labute approximate surface area is 196 Å². The van der Waals surface area contributed by atoms with Gasteiger partial charge in [-0.2, -0.15) is 0 Å². The summed E-state index contributed by atoms with van der Waals surface area (Å²) in [4.78, 5) is 36.2. The minimum atomic E-state index is -0.950. The number of ether oxygens (including phenoxy) is 4. The number of carbonyl (C=O) groups excluding carboxylic acids is 3. The van der Waals surface area contributed by atoms with Crippen molar-refractivity contribution in [1.29, 1.82) is 0 Å². The van der Waals surface area contributed by atoms with Gasteiger partial charge < -0.3 is 18.9 Å². The van der Waals surface area contributed by atoms with Gasteiger partial charge in [0, 0.05) is 38.5 Å². The Morgan fingerprint density at radius 2 is 1.76 bits per heavy atom. The Morgan fingerprint density at radius 1 is 1.09 bits per heavy atom. The van der Waals surface area contributed by atoms with E-state index in [1.54, 1.807) is 0 Å². The fraction of sp³-hybridized carbons (Fsp3) is 0.731. The van der Waals surface area contributed by atoms with Crippen LogP contribution in [0.15, 0.2) is 23.3 Å². The fourth-order valence-electron chi connectivity index (χ4n) is 6.41. The van der Waals surface area contributed by atoms with Gasteiger partial charge in [-0.1, -0.05) is 17.2 Å². The van der Waals surface area contributed by atoms with Gasteiger partial charge in [-0.3, -0.25) is 14.4 Å². The summed E-state index contributed by atoms with van der Waals surface area (Å²) in [6.45, 7) is 13.9. The molecule has 0 aromatic carbocycles. The zero-order valence-corrected chi connectivity index (χ0v) is 21.1. The Morgan fingerprint density at radius 3 is 2.33 bits per heavy atom. The second-order valence-electron chi connectivity index (χ2n) is 10.6. The summed E-state index contributed by atoms with van der Waals surface area (Å²) in [5, 5.41) is 0. The lowest BCUT2D eigenvalue weighted by Crippen LogP contribution is -2.57. The van der Waals surface area contributed by atoms with Crippen LogP contribution in [0.3, 0.4) is 0 Å². The average molecular weight is 463 g/mol. The molecule has 7 heteroatoms. The normalized spacial score (nSPS) is 36.2. The fourth-order valence-corrected chi connectivity index (χ4v) is 6.41. The Bertz CT molecular complexity index is 870. The van der Waals surface area contributed by atoms with E-state index in [0.29, 0.717) is 6.42 Å². The third-order valence-electron chi connectivity index (χ3n) is 7.35. The third kappa shape index (κ3) is 5.18. The molecule has 7 nitrogen and oxygen atoms in total. The average Bonchev–Trinajstić information content (AvgIpc) is 3.00. The topological polar surface area (TPSA) is 88.1 Å². The quantitative estimate of drug-likeness (QED) is 0.350. The zero-order valence-electron chi connectivity index (χ0n) is 21.1. The van der Waals surface area contributed by atoms with E-state index in [1.165, 1.54) is 26.3 Å². The van der Waals surface area contributed by atoms with Crippen LogP contribution >= 0.6 is 0 Å². The first-order chi connectivity index (χ1) is 15.2. The second kappa shape index (κ2) is 9.24. The van der Waals surface area contributed by atoms with Crippen LogP contribution < -0.4 is 0 Å². The highest BCUT2D eigenvalue weighted by Crippen LogP contribution is 2.55. The minimum absolute atomic E-state index is 0.0120. The van der Waals surface area contributed by atoms with Gasteiger partial charge in [0.2, 0.25) is 0 Å². The van der Waals surface area contributed by atoms with Crippen LogP contribution in [0.25, 0.3) is 0 Å². The van der Waals surface area contributed by atoms with Gasteiger partial charge in [0.25, 0.3) is 0 Å². The van der Waals surface area contributed by atoms with Crippen molar-refractivity contribution in [2.24, 2.45) is 17.8 Å². The molecule has 0 unspecified atom stereocenters. The maximum atomic E-state index is 12.2. The van der Waals surface area contributed by atoms with Crippen LogP contribution in [0.2, 0.25) is 0 Å². The van der Waals surface area contributed by atoms with Crippen molar-refractivity contribution in [2.75, 3.05) is 0 Å². The number of rotatable bonds is 4. The van der Waals surface area contributed by atoms with Gasteiger partial charge in [0.1, 0.15) is 23.4 Å². The van der Waals surface area contributed by atoms with E-state index < -0.39 is 35.3 Å². The largest absolute Gasteiger partial charge is 0.459 e. The lowest BCUT2D eigenvalue weighted by Gasteiger charge is -2.49. The summed E-state index contributed by atoms with van der Waals surface area (Å²) in [5.41, 5.74) is 0.479. The van der Waals surface area contributed by atoms with Gasteiger partial charge in [0.15, 0.2) is 0 Å². The number of fused-ring (bicyclic) bond motifs is 5. The van der Waals surface area contributed by atoms with Crippen LogP contribution in [-0.2, 0) is 33.3 Å². The predicted molar refractivity (Wildman–Crippen MR) is 122 cm³/mol. The van der Waals surface area contributed by atoms with Crippen molar-refractivity contribution in [2.45, 2.75) is 104 Å². The smallest absolute Gasteiger partial charge is 0.303 e. The molecule has 0 aromatic heterocycles. The van der Waals surface area contributed by atoms with Gasteiger partial charge in [-0.25, -0.2) is 0 Å². The number of carbonyl (C=O) groups is 3. The molecule has 0 aromatic rings. The van der Waals surface area contributed by atoms with Crippen molar-refractivity contribution in [3.05, 3.63) is 23.3 Å². The Hall–Kier alpha value is -2.15. The molecule has 2 bridgehead atoms. The first-order valence-electron chi connectivity index (χ1n) is 11.8. The molecular weight excluding hydrogens is 424 g/mol. The maximum absolute atomic E-state index is 12.2. The number of esters is 3. The highest BCUT2D eigenvalue weighted by molar-refractivity contribution is 5.67. The van der Waals surface area contributed by atoms with Crippen LogP contribution in [0, 0.1) is 17.8 Å². The van der Waals surface area contributed by atoms with Gasteiger partial charge in [0.05, 0.1) is 6.10 Å². The molecule has 0 amide bonds. The molecular formula is C26H38O7. The molecule has 2 heterocycles. The molecule has 1 fully saturated rings. The van der Waals surface area contributed by atoms with Gasteiger partial charge >= 0.3 is 17.9 Å². The molecule has 184 valence electrons. The Balaban J connectivity index is 2.20. The van der Waals surface area contributed by atoms with E-state index in [0.717, 1.165) is 18.4 Å². The van der Waals surface area contributed by atoms with Crippen molar-refractivity contribution in [3.8, 4) is 0 Å². The van der Waals surface area contributed by atoms with Crippen LogP contribution in [0.1, 0.15) is 74.7 Å². The van der Waals surface area contributed by atoms with Gasteiger partial charge in [-0.15, -0.1) is 0 Å². The number of hydrogen-bond donors (Lipinski definition) is 0. The molecule has 3 aliphatic rings. The molecule has 1 saturated heterocycles. The molecule has 0 N–H and O–H groups in total. The van der Waals surface area contributed by atoms with Crippen LogP contribution in [0.4, 0.5) is 0 Å². The summed E-state index contributed by atoms with van der Waals surface area (Å²) >= 11 is 0. The maximum Gasteiger partial charge on any atom is 0.303 e. The van der Waals surface area contributed by atoms with E-state index in [4.69, 9.17) is 18.9 Å². The van der Waals surface area contributed by atoms with E-state index in [-0.39, 0.29) is 29.8 Å². The first kappa shape index (κ1) is 25.5. The molecule has 0 saturated carbocycles. The molecule has 2 aliphatic heterocycles. The highest BCUT2D eigenvalue weighted by Gasteiger charge is 2.62. The summed E-state index contributed by atoms with van der Waals surface area (Å²) in [7, 11) is 0. The standard InChI is InChI=1S/C26H38O7/c1-14-10-9-11-26(8,33-18(5)29)24-22-21(19(12-14)31-24)15(2)13-20(30-16(3)27)23(22)25(6,7)32-17(4)28/h10,13,19-24H,9,11-12H2,1-8H3/t19-,20-,21-,22+,23+,24-,26-/m1/s1. The molecule has 7 atom stereocenters. The van der Waals surface area contributed by atoms with Crippen molar-refractivity contribution < 1.29 is 33.3 Å². The lowest BCUT2D eigenvalue weighted by atomic mass is 9.60. The van der Waals surface area contributed by atoms with Gasteiger partial charge in [-0.05, 0) is 60.0 Å². The van der Waals surface area contributed by atoms with Crippen molar-refractivity contribution >= 4 is 17.9 Å². The molecule has 0 radical (unpaired) electrons. The summed E-state index contributed by atoms with van der Waals surface area (Å²) in [6.07, 6.45) is 5.15. The minimum Gasteiger partial charge on any atom is -0.459 e. The summed E-state index contributed by atoms with van der Waals surface area (Å²) in [5.74, 6) is -1.73. The zero-order chi connectivity index (χ0) is 24.7. The van der Waals surface area contributed by atoms with E-state index >= 15 is 0 Å². The van der Waals surface area contributed by atoms with Crippen LogP contribution in [0.5, 0.6) is 0 Å². The highest BCUT2D eigenvalue weighted by atomic mass is 16.6. The molecule has 0 spiro atoms. The van der Waals surface area contributed by atoms with Crippen molar-refractivity contribution in [3.63, 3.8) is 0 Å². The second-order valence-corrected chi connectivity index (χ2v) is 10.6. The van der Waals surface area contributed by atoms with E-state index in [2.05, 4.69) is 13.0 Å². The summed E-state index contributed by atoms with van der Waals surface area (Å²) in [6, 6.07) is 0. The van der Waals surface area contributed by atoms with E-state index in [1.807, 2.05) is 33.8 Å². The predicted octanol–water partition coefficient (Wildman–Crippen LogP) is 4.29. The Kier molecular flexibility index (Phi) is 7.13.